The van der Waals surface area contributed by atoms with Crippen LogP contribution in [0.25, 0.3) is 11.3 Å². The number of ether oxygens (including phenoxy) is 1. The van der Waals surface area contributed by atoms with Crippen molar-refractivity contribution >= 4 is 0 Å². The molecule has 2 atom stereocenters. The summed E-state index contributed by atoms with van der Waals surface area (Å²) in [6.45, 7) is 4.82. The molecule has 0 saturated heterocycles. The Hall–Kier alpha value is -1.83. The van der Waals surface area contributed by atoms with Crippen LogP contribution >= 0.6 is 0 Å². The Bertz CT molecular complexity index is 687. The monoisotopic (exact) mass is 279 g/mol. The molecule has 0 spiro atoms. The third-order valence-corrected chi connectivity index (χ3v) is 5.72. The van der Waals surface area contributed by atoms with Crippen LogP contribution in [0, 0.1) is 11.3 Å². The normalized spacial score (nSPS) is 24.9. The summed E-state index contributed by atoms with van der Waals surface area (Å²) in [6.07, 6.45) is 4.69. The third-order valence-electron chi connectivity index (χ3n) is 5.72. The van der Waals surface area contributed by atoms with Crippen molar-refractivity contribution < 1.29 is 4.74 Å². The molecule has 1 heterocycles. The van der Waals surface area contributed by atoms with Gasteiger partial charge in [-0.05, 0) is 71.6 Å². The predicted molar refractivity (Wildman–Crippen MR) is 84.6 cm³/mol. The molecule has 1 fully saturated rings. The molecule has 1 aromatic carbocycles. The maximum Gasteiger partial charge on any atom is 0.118 e. The zero-order valence-corrected chi connectivity index (χ0v) is 12.9. The Morgan fingerprint density at radius 1 is 1.19 bits per heavy atom. The minimum atomic E-state index is 0.469. The van der Waals surface area contributed by atoms with Gasteiger partial charge < -0.3 is 4.74 Å². The number of rotatable bonds is 2. The van der Waals surface area contributed by atoms with E-state index in [0.29, 0.717) is 11.3 Å². The Labute approximate surface area is 126 Å². The van der Waals surface area contributed by atoms with Gasteiger partial charge in [0.1, 0.15) is 5.75 Å². The summed E-state index contributed by atoms with van der Waals surface area (Å²) < 4.78 is 5.22. The molecule has 2 nitrogen and oxygen atoms in total. The molecule has 3 aliphatic rings. The van der Waals surface area contributed by atoms with Gasteiger partial charge in [0.05, 0.1) is 12.8 Å². The fourth-order valence-corrected chi connectivity index (χ4v) is 4.07. The smallest absolute Gasteiger partial charge is 0.118 e. The van der Waals surface area contributed by atoms with Gasteiger partial charge >= 0.3 is 0 Å². The highest BCUT2D eigenvalue weighted by Gasteiger charge is 2.52. The molecule has 5 rings (SSSR count). The minimum absolute atomic E-state index is 0.469. The number of aromatic nitrogens is 1. The number of pyridine rings is 1. The molecule has 2 aromatic rings. The van der Waals surface area contributed by atoms with Crippen molar-refractivity contribution in [1.82, 2.24) is 4.98 Å². The van der Waals surface area contributed by atoms with Crippen LogP contribution < -0.4 is 4.74 Å². The number of methoxy groups -OCH3 is 1. The molecule has 108 valence electrons. The summed E-state index contributed by atoms with van der Waals surface area (Å²) in [6, 6.07) is 10.5. The van der Waals surface area contributed by atoms with Crippen LogP contribution in [-0.4, -0.2) is 12.1 Å². The minimum Gasteiger partial charge on any atom is -0.497 e. The number of hydrogen-bond acceptors (Lipinski definition) is 2. The van der Waals surface area contributed by atoms with Crippen molar-refractivity contribution in [2.75, 3.05) is 7.11 Å². The van der Waals surface area contributed by atoms with E-state index in [4.69, 9.17) is 9.72 Å². The van der Waals surface area contributed by atoms with Crippen molar-refractivity contribution in [1.29, 1.82) is 0 Å². The van der Waals surface area contributed by atoms with E-state index in [0.717, 1.165) is 22.9 Å². The highest BCUT2D eigenvalue weighted by atomic mass is 16.5. The van der Waals surface area contributed by atoms with E-state index in [1.165, 1.54) is 24.0 Å². The molecule has 1 aromatic heterocycles. The van der Waals surface area contributed by atoms with E-state index < -0.39 is 0 Å². The second kappa shape index (κ2) is 4.33. The van der Waals surface area contributed by atoms with Gasteiger partial charge in [0, 0.05) is 11.8 Å². The summed E-state index contributed by atoms with van der Waals surface area (Å²) in [5.41, 5.74) is 5.71. The molecule has 2 bridgehead atoms. The summed E-state index contributed by atoms with van der Waals surface area (Å²) in [7, 11) is 1.69. The lowest BCUT2D eigenvalue weighted by molar-refractivity contribution is 0.0183. The molecule has 0 radical (unpaired) electrons. The Balaban J connectivity index is 1.70. The van der Waals surface area contributed by atoms with Crippen molar-refractivity contribution in [3.8, 4) is 17.0 Å². The molecule has 0 unspecified atom stereocenters. The van der Waals surface area contributed by atoms with Gasteiger partial charge in [0.15, 0.2) is 0 Å². The van der Waals surface area contributed by atoms with Crippen molar-refractivity contribution in [2.24, 2.45) is 11.3 Å². The van der Waals surface area contributed by atoms with Crippen LogP contribution in [0.3, 0.4) is 0 Å². The van der Waals surface area contributed by atoms with E-state index in [9.17, 15) is 0 Å². The largest absolute Gasteiger partial charge is 0.497 e. The van der Waals surface area contributed by atoms with Gasteiger partial charge in [0.25, 0.3) is 0 Å². The van der Waals surface area contributed by atoms with Crippen LogP contribution in [0.15, 0.2) is 36.5 Å². The van der Waals surface area contributed by atoms with Crippen LogP contribution in [0.5, 0.6) is 5.75 Å². The average Bonchev–Trinajstić information content (AvgIpc) is 2.53. The molecular weight excluding hydrogens is 258 g/mol. The van der Waals surface area contributed by atoms with E-state index in [-0.39, 0.29) is 0 Å². The van der Waals surface area contributed by atoms with Crippen LogP contribution in [0.4, 0.5) is 0 Å². The van der Waals surface area contributed by atoms with E-state index in [1.807, 2.05) is 12.1 Å². The molecule has 0 N–H and O–H groups in total. The summed E-state index contributed by atoms with van der Waals surface area (Å²) in [4.78, 5) is 4.72. The van der Waals surface area contributed by atoms with Gasteiger partial charge in [-0.1, -0.05) is 13.8 Å². The van der Waals surface area contributed by atoms with Crippen LogP contribution in [-0.2, 0) is 6.42 Å². The van der Waals surface area contributed by atoms with Gasteiger partial charge in [-0.3, -0.25) is 4.98 Å². The zero-order chi connectivity index (χ0) is 14.6. The summed E-state index contributed by atoms with van der Waals surface area (Å²) in [5, 5.41) is 0. The van der Waals surface area contributed by atoms with Gasteiger partial charge in [-0.2, -0.15) is 0 Å². The van der Waals surface area contributed by atoms with Crippen LogP contribution in [0.1, 0.15) is 37.3 Å². The molecule has 0 aliphatic heterocycles. The van der Waals surface area contributed by atoms with E-state index in [2.05, 4.69) is 38.2 Å². The van der Waals surface area contributed by atoms with Crippen LogP contribution in [0.2, 0.25) is 0 Å². The first-order valence-corrected chi connectivity index (χ1v) is 7.73. The quantitative estimate of drug-likeness (QED) is 0.810. The Kier molecular flexibility index (Phi) is 2.66. The first kappa shape index (κ1) is 12.9. The standard InChI is InChI=1S/C19H21NO/c1-19(2)14-8-13-9-18(20-11-16(13)17(19)10-14)12-4-6-15(21-3)7-5-12/h4-7,9,11,14,17H,8,10H2,1-3H3/t14-,17-/m0/s1. The van der Waals surface area contributed by atoms with Crippen molar-refractivity contribution in [2.45, 2.75) is 32.6 Å². The lowest BCUT2D eigenvalue weighted by atomic mass is 9.47. The van der Waals surface area contributed by atoms with Gasteiger partial charge in [-0.25, -0.2) is 0 Å². The predicted octanol–water partition coefficient (Wildman–Crippen LogP) is 4.44. The second-order valence-electron chi connectivity index (χ2n) is 7.01. The lowest BCUT2D eigenvalue weighted by Gasteiger charge is -2.57. The first-order valence-electron chi connectivity index (χ1n) is 7.73. The highest BCUT2D eigenvalue weighted by Crippen LogP contribution is 2.62. The Morgan fingerprint density at radius 3 is 2.62 bits per heavy atom. The average molecular weight is 279 g/mol. The topological polar surface area (TPSA) is 22.1 Å². The van der Waals surface area contributed by atoms with E-state index >= 15 is 0 Å². The first-order chi connectivity index (χ1) is 10.1. The third kappa shape index (κ3) is 1.81. The van der Waals surface area contributed by atoms with Gasteiger partial charge in [-0.15, -0.1) is 0 Å². The molecule has 21 heavy (non-hydrogen) atoms. The molecule has 0 amide bonds. The highest BCUT2D eigenvalue weighted by molar-refractivity contribution is 5.62. The number of hydrogen-bond donors (Lipinski definition) is 0. The number of benzene rings is 1. The molecular formula is C19H21NO. The second-order valence-corrected chi connectivity index (χ2v) is 7.01. The zero-order valence-electron chi connectivity index (χ0n) is 12.9. The van der Waals surface area contributed by atoms with E-state index in [1.54, 1.807) is 7.11 Å². The lowest BCUT2D eigenvalue weighted by Crippen LogP contribution is -2.48. The van der Waals surface area contributed by atoms with Crippen molar-refractivity contribution in [3.05, 3.63) is 47.7 Å². The van der Waals surface area contributed by atoms with Crippen molar-refractivity contribution in [3.63, 3.8) is 0 Å². The molecule has 2 heteroatoms. The maximum absolute atomic E-state index is 5.22. The summed E-state index contributed by atoms with van der Waals surface area (Å²) >= 11 is 0. The fraction of sp³-hybridized carbons (Fsp3) is 0.421. The number of nitrogens with zero attached hydrogens (tertiary/aromatic N) is 1. The van der Waals surface area contributed by atoms with Gasteiger partial charge in [0.2, 0.25) is 0 Å². The molecule has 3 aliphatic carbocycles. The Morgan fingerprint density at radius 2 is 1.95 bits per heavy atom. The fourth-order valence-electron chi connectivity index (χ4n) is 4.07. The SMILES string of the molecule is COc1ccc(-c2cc3c(cn2)[C@@H]2C[C@H](C3)C2(C)C)cc1. The molecule has 1 saturated carbocycles. The maximum atomic E-state index is 5.22. The summed E-state index contributed by atoms with van der Waals surface area (Å²) in [5.74, 6) is 2.45.